The van der Waals surface area contributed by atoms with E-state index in [9.17, 15) is 25.9 Å². The highest BCUT2D eigenvalue weighted by atomic mass is 32.2. The lowest BCUT2D eigenvalue weighted by Gasteiger charge is -2.26. The molecule has 0 saturated carbocycles. The van der Waals surface area contributed by atoms with Gasteiger partial charge in [0.25, 0.3) is 20.2 Å². The van der Waals surface area contributed by atoms with Gasteiger partial charge in [-0.2, -0.15) is 16.8 Å². The third-order valence-electron chi connectivity index (χ3n) is 8.77. The lowest BCUT2D eigenvalue weighted by Crippen LogP contribution is -2.27. The highest BCUT2D eigenvalue weighted by Gasteiger charge is 2.30. The lowest BCUT2D eigenvalue weighted by molar-refractivity contribution is 0.467. The first-order chi connectivity index (χ1) is 23.3. The van der Waals surface area contributed by atoms with E-state index in [1.807, 2.05) is 30.3 Å². The van der Waals surface area contributed by atoms with Gasteiger partial charge < -0.3 is 15.2 Å². The molecule has 11 heteroatoms. The minimum Gasteiger partial charge on any atom is -0.457 e. The zero-order valence-electron chi connectivity index (χ0n) is 27.2. The predicted octanol–water partition coefficient (Wildman–Crippen LogP) is 7.16. The summed E-state index contributed by atoms with van der Waals surface area (Å²) in [7, 11) is -9.77. The van der Waals surface area contributed by atoms with Crippen LogP contribution in [0.4, 0.5) is 5.69 Å². The molecular weight excluding hydrogens is 663 g/mol. The molecule has 6 rings (SSSR count). The van der Waals surface area contributed by atoms with E-state index in [4.69, 9.17) is 15.2 Å². The van der Waals surface area contributed by atoms with E-state index >= 15 is 0 Å². The van der Waals surface area contributed by atoms with Crippen molar-refractivity contribution in [1.82, 2.24) is 0 Å². The van der Waals surface area contributed by atoms with Crippen LogP contribution in [0.3, 0.4) is 0 Å². The first-order valence-electron chi connectivity index (χ1n) is 16.1. The van der Waals surface area contributed by atoms with E-state index in [1.165, 1.54) is 6.07 Å². The normalized spacial score (nSPS) is 12.8. The Labute approximate surface area is 285 Å². The fraction of sp³-hybridized carbons (Fsp3) is 0.211. The fourth-order valence-corrected chi connectivity index (χ4v) is 7.58. The maximum Gasteiger partial charge on any atom is 0.295 e. The maximum atomic E-state index is 12.9. The van der Waals surface area contributed by atoms with Gasteiger partial charge in [0.15, 0.2) is 0 Å². The van der Waals surface area contributed by atoms with Gasteiger partial charge in [0.05, 0.1) is 4.90 Å². The van der Waals surface area contributed by atoms with E-state index in [-0.39, 0.29) is 5.56 Å². The number of aryl methyl sites for hydroxylation is 1. The Bertz CT molecular complexity index is 2440. The Hall–Kier alpha value is -4.68. The molecule has 1 aliphatic rings. The summed E-state index contributed by atoms with van der Waals surface area (Å²) in [6.07, 6.45) is 5.05. The number of anilines is 1. The van der Waals surface area contributed by atoms with Gasteiger partial charge in [0, 0.05) is 38.6 Å². The van der Waals surface area contributed by atoms with Gasteiger partial charge in [-0.15, -0.1) is 0 Å². The molecule has 0 spiro atoms. The highest BCUT2D eigenvalue weighted by molar-refractivity contribution is 7.86. The summed E-state index contributed by atoms with van der Waals surface area (Å²) in [5, 5.41) is 2.97. The Kier molecular flexibility index (Phi) is 9.29. The van der Waals surface area contributed by atoms with Crippen LogP contribution in [0.25, 0.3) is 22.9 Å². The zero-order valence-corrected chi connectivity index (χ0v) is 28.8. The number of benzene rings is 5. The summed E-state index contributed by atoms with van der Waals surface area (Å²) in [4.78, 5) is -1.32. The molecule has 0 aromatic heterocycles. The summed E-state index contributed by atoms with van der Waals surface area (Å²) in [6, 6.07) is 21.4. The van der Waals surface area contributed by atoms with Crippen LogP contribution in [0.5, 0.6) is 23.0 Å². The van der Waals surface area contributed by atoms with Crippen molar-refractivity contribution in [3.8, 4) is 23.0 Å². The van der Waals surface area contributed by atoms with Crippen molar-refractivity contribution >= 4 is 48.8 Å². The van der Waals surface area contributed by atoms with E-state index in [0.717, 1.165) is 71.4 Å². The van der Waals surface area contributed by atoms with Gasteiger partial charge in [-0.25, -0.2) is 0 Å². The van der Waals surface area contributed by atoms with Gasteiger partial charge in [0.2, 0.25) is 0 Å². The summed E-state index contributed by atoms with van der Waals surface area (Å²) in [5.74, 6) is 2.17. The van der Waals surface area contributed by atoms with Gasteiger partial charge in [-0.05, 0) is 109 Å². The molecule has 0 atom stereocenters. The van der Waals surface area contributed by atoms with Gasteiger partial charge in [-0.1, -0.05) is 45.4 Å². The lowest BCUT2D eigenvalue weighted by atomic mass is 9.87. The van der Waals surface area contributed by atoms with Crippen molar-refractivity contribution in [1.29, 1.82) is 0 Å². The monoisotopic (exact) mass is 699 g/mol. The molecule has 0 aliphatic carbocycles. The molecule has 4 N–H and O–H groups in total. The number of rotatable bonds is 11. The molecule has 0 saturated heterocycles. The third kappa shape index (κ3) is 6.80. The average Bonchev–Trinajstić information content (AvgIpc) is 3.06. The van der Waals surface area contributed by atoms with Crippen molar-refractivity contribution in [3.63, 3.8) is 0 Å². The van der Waals surface area contributed by atoms with Crippen LogP contribution >= 0.6 is 0 Å². The van der Waals surface area contributed by atoms with E-state index in [1.54, 1.807) is 30.3 Å². The van der Waals surface area contributed by atoms with Crippen LogP contribution in [0.1, 0.15) is 61.8 Å². The first kappa shape index (κ1) is 34.2. The molecule has 9 nitrogen and oxygen atoms in total. The van der Waals surface area contributed by atoms with Gasteiger partial charge in [0.1, 0.15) is 27.9 Å². The number of nitrogens with two attached hydrogens (primary N) is 1. The molecule has 0 unspecified atom stereocenters. The van der Waals surface area contributed by atoms with Gasteiger partial charge in [-0.3, -0.25) is 9.11 Å². The second kappa shape index (κ2) is 13.3. The number of nitrogen functional groups attached to an aromatic ring is 1. The zero-order chi connectivity index (χ0) is 35.1. The van der Waals surface area contributed by atoms with Crippen LogP contribution < -0.4 is 25.6 Å². The smallest absolute Gasteiger partial charge is 0.295 e. The molecule has 49 heavy (non-hydrogen) atoms. The molecule has 1 aliphatic heterocycles. The Morgan fingerprint density at radius 1 is 0.755 bits per heavy atom. The van der Waals surface area contributed by atoms with Crippen molar-refractivity contribution in [3.05, 3.63) is 112 Å². The molecule has 0 radical (unpaired) electrons. The number of unbranched alkanes of at least 4 members (excludes halogenated alkanes) is 2. The first-order valence-corrected chi connectivity index (χ1v) is 18.9. The predicted molar refractivity (Wildman–Crippen MR) is 191 cm³/mol. The van der Waals surface area contributed by atoms with Crippen molar-refractivity contribution < 1.29 is 35.4 Å². The van der Waals surface area contributed by atoms with Crippen LogP contribution in [0, 0.1) is 0 Å². The summed E-state index contributed by atoms with van der Waals surface area (Å²) in [6.45, 7) is 8.65. The molecular formula is C38H37NO8S2. The quantitative estimate of drug-likeness (QED) is 0.0945. The average molecular weight is 700 g/mol. The van der Waals surface area contributed by atoms with Crippen LogP contribution in [0.2, 0.25) is 0 Å². The third-order valence-corrected chi connectivity index (χ3v) is 10.5. The molecule has 0 fully saturated rings. The van der Waals surface area contributed by atoms with Crippen molar-refractivity contribution in [2.45, 2.75) is 62.2 Å². The topological polar surface area (TPSA) is 153 Å². The second-order valence-corrected chi connectivity index (χ2v) is 15.0. The molecule has 1 heterocycles. The van der Waals surface area contributed by atoms with Crippen LogP contribution in [-0.4, -0.2) is 25.9 Å². The molecule has 0 amide bonds. The van der Waals surface area contributed by atoms with E-state index in [0.29, 0.717) is 51.5 Å². The second-order valence-electron chi connectivity index (χ2n) is 12.2. The Balaban J connectivity index is 1.68. The minimum atomic E-state index is -4.98. The molecule has 0 bridgehead atoms. The van der Waals surface area contributed by atoms with E-state index < -0.39 is 30.0 Å². The fourth-order valence-electron chi connectivity index (χ4n) is 6.27. The summed E-state index contributed by atoms with van der Waals surface area (Å²) >= 11 is 0. The van der Waals surface area contributed by atoms with Crippen molar-refractivity contribution in [2.75, 3.05) is 5.73 Å². The molecule has 5 aromatic carbocycles. The number of fused-ring (bicyclic) bond motifs is 4. The number of hydrogen-bond donors (Lipinski definition) is 3. The van der Waals surface area contributed by atoms with E-state index in [2.05, 4.69) is 20.4 Å². The highest BCUT2D eigenvalue weighted by Crippen LogP contribution is 2.44. The Morgan fingerprint density at radius 2 is 1.43 bits per heavy atom. The summed E-state index contributed by atoms with van der Waals surface area (Å²) in [5.41, 5.74) is 9.36. The number of ether oxygens (including phenoxy) is 2. The molecule has 5 aromatic rings. The van der Waals surface area contributed by atoms with Crippen LogP contribution in [0.15, 0.2) is 88.7 Å². The van der Waals surface area contributed by atoms with Gasteiger partial charge >= 0.3 is 0 Å². The SMILES string of the molecule is C=c1c(CCCC)cc2c(c1CCCC)Oc1c(ccc3cc(Oc4ccc(N)cc4)ccc13)C=2c1ccc(S(=O)(=O)O)cc1S(=O)(=O)O. The minimum absolute atomic E-state index is 0.0584. The largest absolute Gasteiger partial charge is 0.457 e. The standard InChI is InChI=1S/C38H37NO8S2/c1-4-6-8-24-21-34-36(32-19-16-29(48(40,41)42)22-35(32)49(43,44)45)33-17-10-25-20-28(46-27-13-11-26(39)12-14-27)15-18-31(25)38(33)47-37(34)30(23(24)3)9-7-5-2/h10-22H,3-9,39H2,1-2H3,(H,40,41,42)(H,43,44,45). The Morgan fingerprint density at radius 3 is 2.10 bits per heavy atom. The molecule has 254 valence electrons. The van der Waals surface area contributed by atoms with Crippen molar-refractivity contribution in [2.24, 2.45) is 0 Å². The maximum absolute atomic E-state index is 12.9. The number of hydrogen-bond acceptors (Lipinski definition) is 7. The van der Waals surface area contributed by atoms with Crippen LogP contribution in [-0.2, 0) is 33.1 Å². The summed E-state index contributed by atoms with van der Waals surface area (Å²) < 4.78 is 83.0.